The van der Waals surface area contributed by atoms with Gasteiger partial charge in [0.15, 0.2) is 0 Å². The van der Waals surface area contributed by atoms with Crippen LogP contribution in [0.4, 0.5) is 0 Å². The average Bonchev–Trinajstić information content (AvgIpc) is 2.15. The summed E-state index contributed by atoms with van der Waals surface area (Å²) in [6, 6.07) is 0. The number of esters is 1. The van der Waals surface area contributed by atoms with Crippen LogP contribution in [-0.2, 0) is 9.53 Å². The van der Waals surface area contributed by atoms with Crippen molar-refractivity contribution < 1.29 is 19.7 Å². The lowest BCUT2D eigenvalue weighted by Crippen LogP contribution is -2.36. The number of likely N-dealkylation sites (N-methyl/N-ethyl adjacent to an activating group) is 1. The van der Waals surface area contributed by atoms with Crippen molar-refractivity contribution in [3.8, 4) is 0 Å². The van der Waals surface area contributed by atoms with E-state index in [1.165, 1.54) is 7.11 Å². The third-order valence-corrected chi connectivity index (χ3v) is 1.92. The number of methoxy groups -OCH3 is 1. The Morgan fingerprint density at radius 2 is 2.07 bits per heavy atom. The third kappa shape index (κ3) is 5.16. The molecule has 0 saturated carbocycles. The predicted molar refractivity (Wildman–Crippen MR) is 51.8 cm³/mol. The van der Waals surface area contributed by atoms with E-state index >= 15 is 0 Å². The number of carbonyl (C=O) groups is 1. The van der Waals surface area contributed by atoms with Crippen LogP contribution < -0.4 is 0 Å². The molecule has 0 aromatic rings. The zero-order valence-corrected chi connectivity index (χ0v) is 8.93. The minimum absolute atomic E-state index is 0.226. The lowest BCUT2D eigenvalue weighted by molar-refractivity contribution is -0.145. The number of rotatable bonds is 6. The zero-order chi connectivity index (χ0) is 11.1. The molecule has 0 heterocycles. The third-order valence-electron chi connectivity index (χ3n) is 1.92. The van der Waals surface area contributed by atoms with Gasteiger partial charge >= 0.3 is 5.97 Å². The fraction of sp³-hybridized carbons (Fsp3) is 0.889. The van der Waals surface area contributed by atoms with E-state index in [2.05, 4.69) is 4.74 Å². The van der Waals surface area contributed by atoms with Crippen LogP contribution in [0.5, 0.6) is 0 Å². The van der Waals surface area contributed by atoms with Crippen molar-refractivity contribution in [1.29, 1.82) is 0 Å². The van der Waals surface area contributed by atoms with Gasteiger partial charge in [0.1, 0.15) is 0 Å². The minimum Gasteiger partial charge on any atom is -0.469 e. The van der Waals surface area contributed by atoms with E-state index in [0.717, 1.165) is 0 Å². The number of carbonyl (C=O) groups excluding carboxylic acids is 1. The van der Waals surface area contributed by atoms with Gasteiger partial charge in [-0.15, -0.1) is 0 Å². The van der Waals surface area contributed by atoms with Crippen molar-refractivity contribution in [3.63, 3.8) is 0 Å². The highest BCUT2D eigenvalue weighted by molar-refractivity contribution is 5.71. The summed E-state index contributed by atoms with van der Waals surface area (Å²) in [6.45, 7) is 2.34. The maximum atomic E-state index is 11.0. The largest absolute Gasteiger partial charge is 0.469 e. The Labute approximate surface area is 84.3 Å². The molecule has 2 N–H and O–H groups in total. The van der Waals surface area contributed by atoms with Crippen LogP contribution in [0.1, 0.15) is 6.92 Å². The van der Waals surface area contributed by atoms with Gasteiger partial charge in [0, 0.05) is 13.1 Å². The van der Waals surface area contributed by atoms with E-state index in [0.29, 0.717) is 13.1 Å². The van der Waals surface area contributed by atoms with Gasteiger partial charge in [0.25, 0.3) is 0 Å². The Morgan fingerprint density at radius 3 is 2.50 bits per heavy atom. The van der Waals surface area contributed by atoms with Crippen molar-refractivity contribution >= 4 is 5.97 Å². The van der Waals surface area contributed by atoms with Crippen molar-refractivity contribution in [1.82, 2.24) is 4.90 Å². The highest BCUT2D eigenvalue weighted by Crippen LogP contribution is 2.01. The quantitative estimate of drug-likeness (QED) is 0.549. The Balaban J connectivity index is 3.81. The van der Waals surface area contributed by atoms with Gasteiger partial charge in [0.05, 0.1) is 25.7 Å². The van der Waals surface area contributed by atoms with Crippen LogP contribution >= 0.6 is 0 Å². The van der Waals surface area contributed by atoms with E-state index in [1.807, 2.05) is 0 Å². The molecule has 5 heteroatoms. The van der Waals surface area contributed by atoms with Crippen LogP contribution in [0.15, 0.2) is 0 Å². The Kier molecular flexibility index (Phi) is 6.44. The number of aliphatic hydroxyl groups is 2. The molecule has 2 unspecified atom stereocenters. The van der Waals surface area contributed by atoms with E-state index in [9.17, 15) is 4.79 Å². The summed E-state index contributed by atoms with van der Waals surface area (Å²) in [4.78, 5) is 12.8. The monoisotopic (exact) mass is 205 g/mol. The predicted octanol–water partition coefficient (Wildman–Crippen LogP) is -0.919. The minimum atomic E-state index is -0.759. The molecule has 0 aromatic carbocycles. The molecule has 0 aliphatic heterocycles. The van der Waals surface area contributed by atoms with Gasteiger partial charge in [-0.2, -0.15) is 0 Å². The van der Waals surface area contributed by atoms with E-state index in [4.69, 9.17) is 10.2 Å². The summed E-state index contributed by atoms with van der Waals surface area (Å²) in [7, 11) is 3.12. The molecule has 0 fully saturated rings. The second-order valence-corrected chi connectivity index (χ2v) is 3.48. The molecule has 0 aromatic heterocycles. The lowest BCUT2D eigenvalue weighted by Gasteiger charge is -2.21. The van der Waals surface area contributed by atoms with E-state index in [-0.39, 0.29) is 18.5 Å². The van der Waals surface area contributed by atoms with Crippen LogP contribution in [-0.4, -0.2) is 61.0 Å². The standard InChI is InChI=1S/C9H19NO4/c1-7(9(13)14-3)4-10(2)5-8(12)6-11/h7-8,11-12H,4-6H2,1-3H3. The maximum absolute atomic E-state index is 11.0. The molecular formula is C9H19NO4. The molecule has 0 amide bonds. The summed E-state index contributed by atoms with van der Waals surface area (Å²) in [6.07, 6.45) is -0.759. The molecule has 0 bridgehead atoms. The number of aliphatic hydroxyl groups excluding tert-OH is 2. The first kappa shape index (κ1) is 13.4. The van der Waals surface area contributed by atoms with E-state index in [1.54, 1.807) is 18.9 Å². The number of ether oxygens (including phenoxy) is 1. The second kappa shape index (κ2) is 6.75. The van der Waals surface area contributed by atoms with Gasteiger partial charge in [-0.3, -0.25) is 4.79 Å². The molecule has 0 saturated heterocycles. The first-order valence-corrected chi connectivity index (χ1v) is 4.56. The van der Waals surface area contributed by atoms with Gasteiger partial charge in [0.2, 0.25) is 0 Å². The van der Waals surface area contributed by atoms with Crippen LogP contribution in [0, 0.1) is 5.92 Å². The highest BCUT2D eigenvalue weighted by Gasteiger charge is 2.16. The van der Waals surface area contributed by atoms with Gasteiger partial charge in [-0.1, -0.05) is 6.92 Å². The average molecular weight is 205 g/mol. The number of hydrogen-bond donors (Lipinski definition) is 2. The SMILES string of the molecule is COC(=O)C(C)CN(C)CC(O)CO. The van der Waals surface area contributed by atoms with E-state index < -0.39 is 6.10 Å². The van der Waals surface area contributed by atoms with Gasteiger partial charge < -0.3 is 19.8 Å². The first-order valence-electron chi connectivity index (χ1n) is 4.56. The molecular weight excluding hydrogens is 186 g/mol. The van der Waals surface area contributed by atoms with Crippen LogP contribution in [0.3, 0.4) is 0 Å². The topological polar surface area (TPSA) is 70.0 Å². The molecule has 2 atom stereocenters. The van der Waals surface area contributed by atoms with Crippen molar-refractivity contribution in [3.05, 3.63) is 0 Å². The van der Waals surface area contributed by atoms with Crippen molar-refractivity contribution in [2.45, 2.75) is 13.0 Å². The van der Waals surface area contributed by atoms with Crippen molar-refractivity contribution in [2.75, 3.05) is 33.9 Å². The highest BCUT2D eigenvalue weighted by atomic mass is 16.5. The Bertz CT molecular complexity index is 174. The molecule has 0 spiro atoms. The maximum Gasteiger partial charge on any atom is 0.309 e. The van der Waals surface area contributed by atoms with Gasteiger partial charge in [-0.25, -0.2) is 0 Å². The summed E-state index contributed by atoms with van der Waals surface area (Å²) in [5.74, 6) is -0.494. The Morgan fingerprint density at radius 1 is 1.50 bits per heavy atom. The fourth-order valence-corrected chi connectivity index (χ4v) is 1.24. The molecule has 0 rings (SSSR count). The molecule has 0 radical (unpaired) electrons. The number of nitrogens with zero attached hydrogens (tertiary/aromatic N) is 1. The first-order chi connectivity index (χ1) is 6.51. The van der Waals surface area contributed by atoms with Crippen LogP contribution in [0.25, 0.3) is 0 Å². The molecule has 0 aliphatic carbocycles. The normalized spacial score (nSPS) is 15.3. The van der Waals surface area contributed by atoms with Crippen molar-refractivity contribution in [2.24, 2.45) is 5.92 Å². The summed E-state index contributed by atoms with van der Waals surface area (Å²) >= 11 is 0. The van der Waals surface area contributed by atoms with Crippen LogP contribution in [0.2, 0.25) is 0 Å². The summed E-state index contributed by atoms with van der Waals surface area (Å²) < 4.78 is 4.57. The second-order valence-electron chi connectivity index (χ2n) is 3.48. The molecule has 14 heavy (non-hydrogen) atoms. The molecule has 5 nitrogen and oxygen atoms in total. The number of hydrogen-bond acceptors (Lipinski definition) is 5. The lowest BCUT2D eigenvalue weighted by atomic mass is 10.1. The Hall–Kier alpha value is -0.650. The summed E-state index contributed by atoms with van der Waals surface area (Å²) in [5, 5.41) is 17.7. The fourth-order valence-electron chi connectivity index (χ4n) is 1.24. The smallest absolute Gasteiger partial charge is 0.309 e. The summed E-state index contributed by atoms with van der Waals surface area (Å²) in [5.41, 5.74) is 0. The molecule has 84 valence electrons. The molecule has 0 aliphatic rings. The zero-order valence-electron chi connectivity index (χ0n) is 8.93. The van der Waals surface area contributed by atoms with Gasteiger partial charge in [-0.05, 0) is 7.05 Å².